The Balaban J connectivity index is 1.23. The van der Waals surface area contributed by atoms with E-state index in [0.717, 1.165) is 43.4 Å². The molecule has 4 heterocycles. The standard InChI is InChI=1S/C29H37N5O4S/c1-22(38-28(2,3)4)34-16-6-5-13-29(34)14-17-33(21-29)39(36,37)25-10-7-23(8-11-25)19-31-27(35)24-9-12-26-30-15-18-32(26)20-24/h7-12,15,18,20H,1,5-6,13-14,16-17,19,21H2,2-4H3,(H,31,35). The molecule has 1 unspecified atom stereocenters. The van der Waals surface area contributed by atoms with Crippen molar-refractivity contribution in [1.29, 1.82) is 0 Å². The van der Waals surface area contributed by atoms with Crippen molar-refractivity contribution >= 4 is 21.6 Å². The molecular weight excluding hydrogens is 514 g/mol. The Morgan fingerprint density at radius 2 is 1.87 bits per heavy atom. The maximum Gasteiger partial charge on any atom is 0.253 e. The van der Waals surface area contributed by atoms with Crippen LogP contribution in [0.5, 0.6) is 0 Å². The molecule has 0 saturated carbocycles. The van der Waals surface area contributed by atoms with Gasteiger partial charge in [0, 0.05) is 44.8 Å². The summed E-state index contributed by atoms with van der Waals surface area (Å²) in [5.41, 5.74) is 1.45. The van der Waals surface area contributed by atoms with Crippen LogP contribution < -0.4 is 5.32 Å². The highest BCUT2D eigenvalue weighted by Gasteiger charge is 2.48. The number of ether oxygens (including phenoxy) is 1. The molecule has 2 saturated heterocycles. The molecule has 1 N–H and O–H groups in total. The van der Waals surface area contributed by atoms with E-state index >= 15 is 0 Å². The van der Waals surface area contributed by atoms with Gasteiger partial charge in [0.25, 0.3) is 5.91 Å². The fourth-order valence-electron chi connectivity index (χ4n) is 5.61. The summed E-state index contributed by atoms with van der Waals surface area (Å²) in [5.74, 6) is 0.413. The van der Waals surface area contributed by atoms with Crippen molar-refractivity contribution in [1.82, 2.24) is 23.9 Å². The van der Waals surface area contributed by atoms with Crippen LogP contribution in [0.3, 0.4) is 0 Å². The highest BCUT2D eigenvalue weighted by Crippen LogP contribution is 2.41. The summed E-state index contributed by atoms with van der Waals surface area (Å²) in [6.45, 7) is 12.2. The van der Waals surface area contributed by atoms with Crippen molar-refractivity contribution in [3.8, 4) is 0 Å². The van der Waals surface area contributed by atoms with Crippen molar-refractivity contribution in [2.75, 3.05) is 19.6 Å². The number of nitrogens with zero attached hydrogens (tertiary/aromatic N) is 4. The number of benzene rings is 1. The molecule has 1 spiro atoms. The van der Waals surface area contributed by atoms with Crippen molar-refractivity contribution < 1.29 is 17.9 Å². The van der Waals surface area contributed by atoms with Crippen LogP contribution in [-0.4, -0.2) is 63.7 Å². The summed E-state index contributed by atoms with van der Waals surface area (Å²) in [6, 6.07) is 10.3. The summed E-state index contributed by atoms with van der Waals surface area (Å²) >= 11 is 0. The third-order valence-electron chi connectivity index (χ3n) is 7.53. The summed E-state index contributed by atoms with van der Waals surface area (Å²) in [4.78, 5) is 19.3. The van der Waals surface area contributed by atoms with Gasteiger partial charge in [-0.15, -0.1) is 0 Å². The maximum atomic E-state index is 13.6. The van der Waals surface area contributed by atoms with Gasteiger partial charge in [-0.2, -0.15) is 4.31 Å². The lowest BCUT2D eigenvalue weighted by atomic mass is 9.86. The summed E-state index contributed by atoms with van der Waals surface area (Å²) in [7, 11) is -3.66. The van der Waals surface area contributed by atoms with E-state index in [2.05, 4.69) is 21.8 Å². The molecule has 208 valence electrons. The zero-order valence-electron chi connectivity index (χ0n) is 22.9. The third-order valence-corrected chi connectivity index (χ3v) is 9.39. The van der Waals surface area contributed by atoms with Gasteiger partial charge in [-0.3, -0.25) is 4.79 Å². The predicted molar refractivity (Wildman–Crippen MR) is 149 cm³/mol. The van der Waals surface area contributed by atoms with Gasteiger partial charge in [-0.1, -0.05) is 12.1 Å². The normalized spacial score (nSPS) is 20.4. The first-order valence-corrected chi connectivity index (χ1v) is 14.9. The quantitative estimate of drug-likeness (QED) is 0.443. The molecule has 39 heavy (non-hydrogen) atoms. The van der Waals surface area contributed by atoms with Crippen molar-refractivity contribution in [3.63, 3.8) is 0 Å². The van der Waals surface area contributed by atoms with E-state index in [1.165, 1.54) is 0 Å². The van der Waals surface area contributed by atoms with Crippen LogP contribution in [0.4, 0.5) is 0 Å². The molecule has 2 aromatic heterocycles. The molecule has 5 rings (SSSR count). The monoisotopic (exact) mass is 551 g/mol. The summed E-state index contributed by atoms with van der Waals surface area (Å²) < 4.78 is 36.7. The predicted octanol–water partition coefficient (Wildman–Crippen LogP) is 4.17. The average molecular weight is 552 g/mol. The van der Waals surface area contributed by atoms with Gasteiger partial charge in [-0.05, 0) is 82.9 Å². The Bertz CT molecular complexity index is 1480. The number of hydrogen-bond donors (Lipinski definition) is 1. The Morgan fingerprint density at radius 1 is 1.10 bits per heavy atom. The van der Waals surface area contributed by atoms with Gasteiger partial charge in [0.2, 0.25) is 10.0 Å². The molecule has 0 bridgehead atoms. The third kappa shape index (κ3) is 5.67. The number of amides is 1. The zero-order valence-corrected chi connectivity index (χ0v) is 23.7. The molecule has 2 aliphatic heterocycles. The highest BCUT2D eigenvalue weighted by atomic mass is 32.2. The van der Waals surface area contributed by atoms with Gasteiger partial charge in [0.05, 0.1) is 16.0 Å². The molecule has 1 aromatic carbocycles. The molecule has 2 fully saturated rings. The lowest BCUT2D eigenvalue weighted by Crippen LogP contribution is -2.54. The number of fused-ring (bicyclic) bond motifs is 1. The van der Waals surface area contributed by atoms with E-state index in [4.69, 9.17) is 4.74 Å². The Hall–Kier alpha value is -3.37. The molecule has 0 radical (unpaired) electrons. The van der Waals surface area contributed by atoms with Crippen LogP contribution in [0.1, 0.15) is 62.4 Å². The lowest BCUT2D eigenvalue weighted by Gasteiger charge is -2.47. The van der Waals surface area contributed by atoms with Crippen LogP contribution in [0.25, 0.3) is 5.65 Å². The maximum absolute atomic E-state index is 13.6. The fourth-order valence-corrected chi connectivity index (χ4v) is 7.13. The van der Waals surface area contributed by atoms with Gasteiger partial charge in [0.1, 0.15) is 11.2 Å². The largest absolute Gasteiger partial charge is 0.474 e. The average Bonchev–Trinajstić information content (AvgIpc) is 3.54. The van der Waals surface area contributed by atoms with E-state index in [9.17, 15) is 13.2 Å². The molecule has 1 amide bonds. The van der Waals surface area contributed by atoms with Gasteiger partial charge < -0.3 is 19.4 Å². The lowest BCUT2D eigenvalue weighted by molar-refractivity contribution is -0.0422. The topological polar surface area (TPSA) is 96.2 Å². The van der Waals surface area contributed by atoms with Crippen molar-refractivity contribution in [2.24, 2.45) is 0 Å². The number of hydrogen-bond acceptors (Lipinski definition) is 6. The fraction of sp³-hybridized carbons (Fsp3) is 0.448. The van der Waals surface area contributed by atoms with Gasteiger partial charge in [0.15, 0.2) is 5.88 Å². The van der Waals surface area contributed by atoms with Crippen LogP contribution >= 0.6 is 0 Å². The number of piperidine rings is 1. The van der Waals surface area contributed by atoms with Gasteiger partial charge in [-0.25, -0.2) is 13.4 Å². The number of rotatable bonds is 7. The minimum absolute atomic E-state index is 0.210. The Morgan fingerprint density at radius 3 is 2.62 bits per heavy atom. The molecule has 3 aromatic rings. The van der Waals surface area contributed by atoms with E-state index in [0.29, 0.717) is 31.1 Å². The van der Waals surface area contributed by atoms with Crippen molar-refractivity contribution in [2.45, 2.75) is 69.0 Å². The second-order valence-corrected chi connectivity index (χ2v) is 13.4. The number of pyridine rings is 1. The minimum Gasteiger partial charge on any atom is -0.474 e. The molecule has 2 aliphatic rings. The number of carbonyl (C=O) groups is 1. The second kappa shape index (κ2) is 10.3. The second-order valence-electron chi connectivity index (χ2n) is 11.5. The minimum atomic E-state index is -3.66. The number of sulfonamides is 1. The summed E-state index contributed by atoms with van der Waals surface area (Å²) in [6.07, 6.45) is 8.95. The molecule has 9 nitrogen and oxygen atoms in total. The number of carbonyl (C=O) groups excluding carboxylic acids is 1. The van der Waals surface area contributed by atoms with E-state index in [1.54, 1.807) is 63.7 Å². The SMILES string of the molecule is C=C(OC(C)(C)C)N1CCCCC12CCN(S(=O)(=O)c1ccc(CNC(=O)c3ccc4nccn4c3)cc1)C2. The molecule has 0 aliphatic carbocycles. The van der Waals surface area contributed by atoms with Crippen LogP contribution in [0.2, 0.25) is 0 Å². The molecule has 10 heteroatoms. The zero-order chi connectivity index (χ0) is 27.8. The van der Waals surface area contributed by atoms with Crippen LogP contribution in [0.15, 0.2) is 72.3 Å². The number of likely N-dealkylation sites (tertiary alicyclic amines) is 1. The van der Waals surface area contributed by atoms with E-state index in [1.807, 2.05) is 20.8 Å². The number of aromatic nitrogens is 2. The van der Waals surface area contributed by atoms with Crippen LogP contribution in [0, 0.1) is 0 Å². The first-order valence-electron chi connectivity index (χ1n) is 13.4. The summed E-state index contributed by atoms with van der Waals surface area (Å²) in [5, 5.41) is 2.90. The first-order chi connectivity index (χ1) is 18.5. The number of imidazole rings is 1. The van der Waals surface area contributed by atoms with E-state index < -0.39 is 10.0 Å². The van der Waals surface area contributed by atoms with Gasteiger partial charge >= 0.3 is 0 Å². The first kappa shape index (κ1) is 27.2. The Labute approximate surface area is 230 Å². The molecule has 1 atom stereocenters. The number of nitrogens with one attached hydrogen (secondary N) is 1. The molecular formula is C29H37N5O4S. The Kier molecular flexibility index (Phi) is 7.19. The van der Waals surface area contributed by atoms with E-state index in [-0.39, 0.29) is 21.9 Å². The van der Waals surface area contributed by atoms with Crippen LogP contribution in [-0.2, 0) is 21.3 Å². The highest BCUT2D eigenvalue weighted by molar-refractivity contribution is 7.89. The smallest absolute Gasteiger partial charge is 0.253 e. The van der Waals surface area contributed by atoms with Crippen molar-refractivity contribution in [3.05, 3.63) is 78.6 Å².